The van der Waals surface area contributed by atoms with Gasteiger partial charge in [-0.05, 0) is 32.4 Å². The Bertz CT molecular complexity index is 466. The van der Waals surface area contributed by atoms with Gasteiger partial charge in [0, 0.05) is 0 Å². The molecule has 0 bridgehead atoms. The molecule has 0 unspecified atom stereocenters. The van der Waals surface area contributed by atoms with Crippen molar-refractivity contribution in [2.24, 2.45) is 0 Å². The van der Waals surface area contributed by atoms with Crippen LogP contribution in [-0.2, 0) is 4.79 Å². The number of para-hydroxylation sites is 1. The number of carbonyl (C=O) groups excluding carboxylic acids is 1. The molecule has 0 aliphatic heterocycles. The molecule has 0 spiro atoms. The molecule has 3 N–H and O–H groups in total. The van der Waals surface area contributed by atoms with Gasteiger partial charge < -0.3 is 15.5 Å². The maximum absolute atomic E-state index is 11.8. The van der Waals surface area contributed by atoms with Crippen molar-refractivity contribution in [2.75, 3.05) is 0 Å². The van der Waals surface area contributed by atoms with E-state index in [2.05, 4.69) is 5.32 Å². The molecule has 1 aromatic carbocycles. The summed E-state index contributed by atoms with van der Waals surface area (Å²) in [5.74, 6) is -1.89. The molecule has 1 amide bonds. The summed E-state index contributed by atoms with van der Waals surface area (Å²) in [6.45, 7) is 4.41. The molecule has 5 nitrogen and oxygen atoms in total. The molecule has 0 heterocycles. The van der Waals surface area contributed by atoms with E-state index in [0.717, 1.165) is 0 Å². The van der Waals surface area contributed by atoms with Crippen molar-refractivity contribution in [3.8, 4) is 5.75 Å². The van der Waals surface area contributed by atoms with E-state index in [1.54, 1.807) is 19.1 Å². The van der Waals surface area contributed by atoms with Gasteiger partial charge in [0.15, 0.2) is 0 Å². The van der Waals surface area contributed by atoms with Gasteiger partial charge in [-0.2, -0.15) is 0 Å². The van der Waals surface area contributed by atoms with Gasteiger partial charge in [-0.1, -0.05) is 12.1 Å². The number of carbonyl (C=O) groups is 2. The third-order valence-corrected chi connectivity index (χ3v) is 2.44. The summed E-state index contributed by atoms with van der Waals surface area (Å²) in [5.41, 5.74) is -0.752. The van der Waals surface area contributed by atoms with Crippen molar-refractivity contribution in [2.45, 2.75) is 26.3 Å². The third-order valence-electron chi connectivity index (χ3n) is 2.44. The van der Waals surface area contributed by atoms with E-state index in [1.165, 1.54) is 19.9 Å². The smallest absolute Gasteiger partial charge is 0.328 e. The number of amides is 1. The van der Waals surface area contributed by atoms with Gasteiger partial charge in [0.1, 0.15) is 11.3 Å². The van der Waals surface area contributed by atoms with Crippen molar-refractivity contribution in [1.82, 2.24) is 5.32 Å². The van der Waals surface area contributed by atoms with Gasteiger partial charge in [0.25, 0.3) is 5.91 Å². The maximum atomic E-state index is 11.8. The van der Waals surface area contributed by atoms with Gasteiger partial charge in [-0.15, -0.1) is 0 Å². The summed E-state index contributed by atoms with van der Waals surface area (Å²) in [5, 5.41) is 20.9. The average molecular weight is 237 g/mol. The number of phenolic OH excluding ortho intramolecular Hbond substituents is 1. The van der Waals surface area contributed by atoms with Crippen LogP contribution in [0.15, 0.2) is 18.2 Å². The highest BCUT2D eigenvalue weighted by Crippen LogP contribution is 2.21. The highest BCUT2D eigenvalue weighted by atomic mass is 16.4. The highest BCUT2D eigenvalue weighted by molar-refractivity contribution is 5.99. The summed E-state index contributed by atoms with van der Waals surface area (Å²) in [7, 11) is 0. The molecule has 0 aromatic heterocycles. The summed E-state index contributed by atoms with van der Waals surface area (Å²) < 4.78 is 0. The van der Waals surface area contributed by atoms with Crippen molar-refractivity contribution < 1.29 is 19.8 Å². The quantitative estimate of drug-likeness (QED) is 0.739. The zero-order valence-corrected chi connectivity index (χ0v) is 9.94. The number of rotatable bonds is 3. The Balaban J connectivity index is 2.99. The number of hydrogen-bond acceptors (Lipinski definition) is 3. The zero-order chi connectivity index (χ0) is 13.2. The van der Waals surface area contributed by atoms with Gasteiger partial charge in [0.05, 0.1) is 5.56 Å². The number of aromatic hydroxyl groups is 1. The largest absolute Gasteiger partial charge is 0.507 e. The number of nitrogens with one attached hydrogen (secondary N) is 1. The topological polar surface area (TPSA) is 86.6 Å². The Morgan fingerprint density at radius 1 is 1.29 bits per heavy atom. The second-order valence-electron chi connectivity index (χ2n) is 4.36. The van der Waals surface area contributed by atoms with Crippen LogP contribution in [0.3, 0.4) is 0 Å². The van der Waals surface area contributed by atoms with Crippen LogP contribution in [0, 0.1) is 6.92 Å². The Hall–Kier alpha value is -2.04. The molecule has 92 valence electrons. The van der Waals surface area contributed by atoms with Crippen molar-refractivity contribution in [1.29, 1.82) is 0 Å². The first kappa shape index (κ1) is 13.0. The number of aryl methyl sites for hydroxylation is 1. The Kier molecular flexibility index (Phi) is 3.41. The van der Waals surface area contributed by atoms with Crippen LogP contribution < -0.4 is 5.32 Å². The first-order valence-electron chi connectivity index (χ1n) is 5.10. The van der Waals surface area contributed by atoms with Crippen LogP contribution in [0.25, 0.3) is 0 Å². The van der Waals surface area contributed by atoms with Crippen LogP contribution in [0.5, 0.6) is 5.75 Å². The molecular weight excluding hydrogens is 222 g/mol. The van der Waals surface area contributed by atoms with E-state index < -0.39 is 17.4 Å². The first-order chi connectivity index (χ1) is 7.75. The Labute approximate surface area is 99.1 Å². The fourth-order valence-corrected chi connectivity index (χ4v) is 1.25. The summed E-state index contributed by atoms with van der Waals surface area (Å²) in [4.78, 5) is 22.7. The average Bonchev–Trinajstić information content (AvgIpc) is 2.21. The minimum atomic E-state index is -1.38. The van der Waals surface area contributed by atoms with Gasteiger partial charge in [0.2, 0.25) is 0 Å². The van der Waals surface area contributed by atoms with Crippen molar-refractivity contribution in [3.63, 3.8) is 0 Å². The van der Waals surface area contributed by atoms with Crippen LogP contribution >= 0.6 is 0 Å². The van der Waals surface area contributed by atoms with Crippen LogP contribution in [0.1, 0.15) is 29.8 Å². The van der Waals surface area contributed by atoms with Gasteiger partial charge >= 0.3 is 5.97 Å². The number of phenols is 1. The number of hydrogen-bond donors (Lipinski definition) is 3. The normalized spacial score (nSPS) is 11.0. The summed E-state index contributed by atoms with van der Waals surface area (Å²) in [6, 6.07) is 4.72. The zero-order valence-electron chi connectivity index (χ0n) is 9.94. The van der Waals surface area contributed by atoms with Gasteiger partial charge in [-0.3, -0.25) is 4.79 Å². The first-order valence-corrected chi connectivity index (χ1v) is 5.10. The number of carboxylic acid groups (broad SMARTS) is 1. The fourth-order valence-electron chi connectivity index (χ4n) is 1.25. The molecule has 0 fully saturated rings. The lowest BCUT2D eigenvalue weighted by molar-refractivity contribution is -0.143. The third kappa shape index (κ3) is 2.75. The fraction of sp³-hybridized carbons (Fsp3) is 0.333. The molecule has 0 aliphatic carbocycles. The molecule has 17 heavy (non-hydrogen) atoms. The number of carboxylic acids is 1. The van der Waals surface area contributed by atoms with Crippen LogP contribution in [0.4, 0.5) is 0 Å². The summed E-state index contributed by atoms with van der Waals surface area (Å²) >= 11 is 0. The molecule has 0 saturated carbocycles. The monoisotopic (exact) mass is 237 g/mol. The summed E-state index contributed by atoms with van der Waals surface area (Å²) in [6.07, 6.45) is 0. The Morgan fingerprint density at radius 2 is 1.88 bits per heavy atom. The van der Waals surface area contributed by atoms with Crippen LogP contribution in [0.2, 0.25) is 0 Å². The lowest BCUT2D eigenvalue weighted by atomic mass is 10.0. The minimum absolute atomic E-state index is 0.0688. The second kappa shape index (κ2) is 4.45. The van der Waals surface area contributed by atoms with E-state index in [0.29, 0.717) is 5.56 Å². The molecule has 0 atom stereocenters. The second-order valence-corrected chi connectivity index (χ2v) is 4.36. The molecule has 1 aromatic rings. The van der Waals surface area contributed by atoms with E-state index in [9.17, 15) is 14.7 Å². The van der Waals surface area contributed by atoms with E-state index in [-0.39, 0.29) is 11.3 Å². The van der Waals surface area contributed by atoms with Crippen molar-refractivity contribution >= 4 is 11.9 Å². The predicted molar refractivity (Wildman–Crippen MR) is 62.0 cm³/mol. The molecule has 0 saturated heterocycles. The van der Waals surface area contributed by atoms with E-state index >= 15 is 0 Å². The molecular formula is C12H15NO4. The SMILES string of the molecule is Cc1cccc(C(=O)NC(C)(C)C(=O)O)c1O. The predicted octanol–water partition coefficient (Wildman–Crippen LogP) is 1.29. The lowest BCUT2D eigenvalue weighted by Gasteiger charge is -2.21. The highest BCUT2D eigenvalue weighted by Gasteiger charge is 2.30. The standard InChI is InChI=1S/C12H15NO4/c1-7-5-4-6-8(9(7)14)10(15)13-12(2,3)11(16)17/h4-6,14H,1-3H3,(H,13,15)(H,16,17). The number of aliphatic carboxylic acids is 1. The Morgan fingerprint density at radius 3 is 2.41 bits per heavy atom. The molecule has 0 aliphatic rings. The van der Waals surface area contributed by atoms with Crippen LogP contribution in [-0.4, -0.2) is 27.6 Å². The lowest BCUT2D eigenvalue weighted by Crippen LogP contribution is -2.49. The van der Waals surface area contributed by atoms with E-state index in [4.69, 9.17) is 5.11 Å². The maximum Gasteiger partial charge on any atom is 0.328 e. The molecule has 0 radical (unpaired) electrons. The number of benzene rings is 1. The van der Waals surface area contributed by atoms with E-state index in [1.807, 2.05) is 0 Å². The van der Waals surface area contributed by atoms with Crippen molar-refractivity contribution in [3.05, 3.63) is 29.3 Å². The molecule has 1 rings (SSSR count). The molecule has 5 heteroatoms. The van der Waals surface area contributed by atoms with Gasteiger partial charge in [-0.25, -0.2) is 4.79 Å². The minimum Gasteiger partial charge on any atom is -0.507 e.